The number of aromatic amines is 2. The molecule has 1 aliphatic heterocycles. The minimum Gasteiger partial charge on any atom is -0.346 e. The molecule has 1 aliphatic rings. The fourth-order valence-corrected chi connectivity index (χ4v) is 5.62. The van der Waals surface area contributed by atoms with E-state index in [-0.39, 0.29) is 22.4 Å². The molecule has 43 heavy (non-hydrogen) atoms. The highest BCUT2D eigenvalue weighted by molar-refractivity contribution is 8.13. The van der Waals surface area contributed by atoms with E-state index in [0.29, 0.717) is 61.1 Å². The van der Waals surface area contributed by atoms with Crippen LogP contribution in [0.1, 0.15) is 26.4 Å². The van der Waals surface area contributed by atoms with Gasteiger partial charge in [-0.3, -0.25) is 19.6 Å². The maximum Gasteiger partial charge on any atom is 0.275 e. The molecule has 0 spiro atoms. The number of nitrogens with zero attached hydrogens (tertiary/aromatic N) is 5. The Balaban J connectivity index is 1.01. The van der Waals surface area contributed by atoms with Crippen molar-refractivity contribution >= 4 is 59.8 Å². The molecular formula is C28H26ClN9O4S. The maximum atomic E-state index is 13.0. The normalized spacial score (nSPS) is 14.1. The second-order valence-corrected chi connectivity index (χ2v) is 12.5. The third kappa shape index (κ3) is 6.35. The molecular weight excluding hydrogens is 594 g/mol. The number of fused-ring (bicyclic) bond motifs is 1. The van der Waals surface area contributed by atoms with Crippen molar-refractivity contribution in [3.05, 3.63) is 90.1 Å². The van der Waals surface area contributed by atoms with Crippen LogP contribution in [0.4, 0.5) is 17.2 Å². The van der Waals surface area contributed by atoms with Gasteiger partial charge in [0.25, 0.3) is 20.9 Å². The lowest BCUT2D eigenvalue weighted by Gasteiger charge is -2.34. The molecule has 0 unspecified atom stereocenters. The van der Waals surface area contributed by atoms with Crippen LogP contribution in [0.3, 0.4) is 0 Å². The predicted octanol–water partition coefficient (Wildman–Crippen LogP) is 3.56. The first kappa shape index (κ1) is 28.3. The first-order valence-electron chi connectivity index (χ1n) is 13.3. The Hall–Kier alpha value is -4.79. The third-order valence-corrected chi connectivity index (χ3v) is 8.50. The molecule has 13 nitrogen and oxygen atoms in total. The molecule has 0 aliphatic carbocycles. The van der Waals surface area contributed by atoms with Crippen molar-refractivity contribution < 1.29 is 18.0 Å². The molecule has 2 amide bonds. The number of piperazine rings is 1. The number of carbonyl (C=O) groups excluding carboxylic acids is 2. The maximum absolute atomic E-state index is 13.0. The summed E-state index contributed by atoms with van der Waals surface area (Å²) in [7, 11) is 1.52. The van der Waals surface area contributed by atoms with Crippen LogP contribution in [-0.4, -0.2) is 81.4 Å². The Bertz CT molecular complexity index is 1880. The molecule has 4 heterocycles. The van der Waals surface area contributed by atoms with Crippen LogP contribution in [0.15, 0.2) is 78.2 Å². The van der Waals surface area contributed by atoms with E-state index in [2.05, 4.69) is 40.7 Å². The molecule has 0 atom stereocenters. The molecule has 1 saturated heterocycles. The van der Waals surface area contributed by atoms with Gasteiger partial charge in [0.2, 0.25) is 0 Å². The van der Waals surface area contributed by atoms with Gasteiger partial charge < -0.3 is 20.5 Å². The van der Waals surface area contributed by atoms with Gasteiger partial charge in [-0.15, -0.1) is 0 Å². The van der Waals surface area contributed by atoms with Crippen molar-refractivity contribution in [1.82, 2.24) is 34.9 Å². The summed E-state index contributed by atoms with van der Waals surface area (Å²) in [5.41, 5.74) is 3.54. The smallest absolute Gasteiger partial charge is 0.275 e. The van der Waals surface area contributed by atoms with Crippen molar-refractivity contribution in [2.24, 2.45) is 0 Å². The van der Waals surface area contributed by atoms with Crippen molar-refractivity contribution in [1.29, 1.82) is 0 Å². The molecule has 1 fully saturated rings. The van der Waals surface area contributed by atoms with Gasteiger partial charge >= 0.3 is 0 Å². The van der Waals surface area contributed by atoms with Gasteiger partial charge in [0.1, 0.15) is 23.5 Å². The lowest BCUT2D eigenvalue weighted by atomic mass is 10.1. The zero-order valence-electron chi connectivity index (χ0n) is 22.6. The second-order valence-electron chi connectivity index (χ2n) is 9.93. The SMILES string of the molecule is O=C(Nc1ccc(CN2CCN(C(=O)c3ccc(S(=O)(=O)Cl)cc3)CC2)cc1)c1[nH]ncc1Nc1ncnc2[nH]ccc12. The van der Waals surface area contributed by atoms with Crippen LogP contribution in [-0.2, 0) is 15.6 Å². The first-order chi connectivity index (χ1) is 20.7. The van der Waals surface area contributed by atoms with Gasteiger partial charge in [0, 0.05) is 60.9 Å². The van der Waals surface area contributed by atoms with E-state index in [9.17, 15) is 18.0 Å². The van der Waals surface area contributed by atoms with Gasteiger partial charge in [0.15, 0.2) is 0 Å². The number of hydrogen-bond acceptors (Lipinski definition) is 9. The Morgan fingerprint density at radius 1 is 0.953 bits per heavy atom. The van der Waals surface area contributed by atoms with Crippen LogP contribution in [0.25, 0.3) is 11.0 Å². The van der Waals surface area contributed by atoms with Gasteiger partial charge in [-0.25, -0.2) is 18.4 Å². The highest BCUT2D eigenvalue weighted by atomic mass is 35.7. The summed E-state index contributed by atoms with van der Waals surface area (Å²) < 4.78 is 22.9. The number of amides is 2. The van der Waals surface area contributed by atoms with Gasteiger partial charge in [-0.2, -0.15) is 5.10 Å². The minimum atomic E-state index is -3.83. The van der Waals surface area contributed by atoms with Crippen LogP contribution in [0.5, 0.6) is 0 Å². The molecule has 0 radical (unpaired) electrons. The highest BCUT2D eigenvalue weighted by Crippen LogP contribution is 2.24. The van der Waals surface area contributed by atoms with E-state index in [1.54, 1.807) is 11.1 Å². The van der Waals surface area contributed by atoms with Crippen LogP contribution in [0.2, 0.25) is 0 Å². The summed E-state index contributed by atoms with van der Waals surface area (Å²) >= 11 is 0. The fraction of sp³-hybridized carbons (Fsp3) is 0.179. The number of halogens is 1. The largest absolute Gasteiger partial charge is 0.346 e. The van der Waals surface area contributed by atoms with E-state index < -0.39 is 9.05 Å². The van der Waals surface area contributed by atoms with E-state index in [1.165, 1.54) is 36.8 Å². The van der Waals surface area contributed by atoms with Crippen LogP contribution in [0, 0.1) is 0 Å². The summed E-state index contributed by atoms with van der Waals surface area (Å²) in [6, 6.07) is 15.1. The number of nitrogens with one attached hydrogen (secondary N) is 4. The lowest BCUT2D eigenvalue weighted by Crippen LogP contribution is -2.48. The molecule has 5 aromatic rings. The third-order valence-electron chi connectivity index (χ3n) is 7.13. The molecule has 2 aromatic carbocycles. The van der Waals surface area contributed by atoms with Gasteiger partial charge in [0.05, 0.1) is 22.2 Å². The number of hydrogen-bond donors (Lipinski definition) is 4. The first-order valence-corrected chi connectivity index (χ1v) is 15.6. The Morgan fingerprint density at radius 3 is 2.42 bits per heavy atom. The molecule has 3 aromatic heterocycles. The average Bonchev–Trinajstić information content (AvgIpc) is 3.68. The van der Waals surface area contributed by atoms with Crippen molar-refractivity contribution in [2.45, 2.75) is 11.4 Å². The quantitative estimate of drug-likeness (QED) is 0.190. The summed E-state index contributed by atoms with van der Waals surface area (Å²) in [4.78, 5) is 41.3. The number of benzene rings is 2. The van der Waals surface area contributed by atoms with E-state index in [1.807, 2.05) is 30.3 Å². The second kappa shape index (κ2) is 11.8. The zero-order valence-corrected chi connectivity index (χ0v) is 24.2. The topological polar surface area (TPSA) is 169 Å². The Kier molecular flexibility index (Phi) is 7.80. The number of H-pyrrole nitrogens is 2. The molecule has 15 heteroatoms. The Labute approximate surface area is 250 Å². The van der Waals surface area contributed by atoms with E-state index in [4.69, 9.17) is 10.7 Å². The van der Waals surface area contributed by atoms with Crippen molar-refractivity contribution in [3.63, 3.8) is 0 Å². The van der Waals surface area contributed by atoms with Gasteiger partial charge in [-0.05, 0) is 48.0 Å². The lowest BCUT2D eigenvalue weighted by molar-refractivity contribution is 0.0628. The summed E-state index contributed by atoms with van der Waals surface area (Å²) in [6.45, 7) is 3.17. The number of anilines is 3. The molecule has 0 bridgehead atoms. The zero-order chi connectivity index (χ0) is 30.0. The average molecular weight is 620 g/mol. The summed E-state index contributed by atoms with van der Waals surface area (Å²) in [5.74, 6) is 0.0466. The molecule has 0 saturated carbocycles. The highest BCUT2D eigenvalue weighted by Gasteiger charge is 2.23. The van der Waals surface area contributed by atoms with E-state index >= 15 is 0 Å². The van der Waals surface area contributed by atoms with Crippen LogP contribution >= 0.6 is 10.7 Å². The number of aromatic nitrogens is 5. The van der Waals surface area contributed by atoms with Crippen LogP contribution < -0.4 is 10.6 Å². The molecule has 220 valence electrons. The number of carbonyl (C=O) groups is 2. The minimum absolute atomic E-state index is 0.0406. The molecule has 4 N–H and O–H groups in total. The predicted molar refractivity (Wildman–Crippen MR) is 161 cm³/mol. The summed E-state index contributed by atoms with van der Waals surface area (Å²) in [5, 5.41) is 13.6. The van der Waals surface area contributed by atoms with Crippen molar-refractivity contribution in [2.75, 3.05) is 36.8 Å². The molecule has 6 rings (SSSR count). The van der Waals surface area contributed by atoms with E-state index in [0.717, 1.165) is 10.9 Å². The van der Waals surface area contributed by atoms with Gasteiger partial charge in [-0.1, -0.05) is 12.1 Å². The standard InChI is InChI=1S/C28H26ClN9O4S/c29-43(41,42)21-7-3-19(4-8-21)28(40)38-13-11-37(12-14-38)16-18-1-5-20(6-2-18)34-27(39)24-23(15-33-36-24)35-26-22-9-10-30-25(22)31-17-32-26/h1-10,15,17H,11-14,16H2,(H,33,36)(H,34,39)(H2,30,31,32,35). The fourth-order valence-electron chi connectivity index (χ4n) is 4.85. The summed E-state index contributed by atoms with van der Waals surface area (Å²) in [6.07, 6.45) is 4.72. The number of rotatable bonds is 8. The van der Waals surface area contributed by atoms with Crippen molar-refractivity contribution in [3.8, 4) is 0 Å². The Morgan fingerprint density at radius 2 is 1.70 bits per heavy atom. The monoisotopic (exact) mass is 619 g/mol.